The zero-order chi connectivity index (χ0) is 23.3. The Balaban J connectivity index is 1.36. The summed E-state index contributed by atoms with van der Waals surface area (Å²) in [4.78, 5) is 17.0. The Morgan fingerprint density at radius 2 is 1.79 bits per heavy atom. The smallest absolute Gasteiger partial charge is 0.345 e. The third-order valence-corrected chi connectivity index (χ3v) is 6.09. The highest BCUT2D eigenvalue weighted by Gasteiger charge is 2.14. The summed E-state index contributed by atoms with van der Waals surface area (Å²) in [7, 11) is 0. The van der Waals surface area contributed by atoms with E-state index in [9.17, 15) is 10.1 Å². The second-order valence-corrected chi connectivity index (χ2v) is 8.39. The Bertz CT molecular complexity index is 1580. The van der Waals surface area contributed by atoms with Crippen molar-refractivity contribution in [2.75, 3.05) is 0 Å². The number of fused-ring (bicyclic) bond motifs is 1. The molecule has 2 aromatic heterocycles. The SMILES string of the molecule is N#C/C(=C\c1ccc(OCc2ccccc2)cc1)c1nc(-c2cc3ccccc3oc2=O)cs1. The van der Waals surface area contributed by atoms with Crippen LogP contribution in [0.2, 0.25) is 0 Å². The molecule has 0 N–H and O–H groups in total. The van der Waals surface area contributed by atoms with Crippen LogP contribution in [0.3, 0.4) is 0 Å². The standard InChI is InChI=1S/C28H18N2O3S/c29-16-22(14-19-10-12-23(13-11-19)32-17-20-6-2-1-3-7-20)27-30-25(18-34-27)24-15-21-8-4-5-9-26(21)33-28(24)31/h1-15,18H,17H2/b22-14+. The van der Waals surface area contributed by atoms with Crippen molar-refractivity contribution in [2.45, 2.75) is 6.61 Å². The van der Waals surface area contributed by atoms with Crippen molar-refractivity contribution in [3.8, 4) is 23.1 Å². The molecule has 0 saturated heterocycles. The van der Waals surface area contributed by atoms with Gasteiger partial charge in [0.1, 0.15) is 29.0 Å². The zero-order valence-corrected chi connectivity index (χ0v) is 18.8. The molecule has 6 heteroatoms. The molecule has 0 aliphatic rings. The second-order valence-electron chi connectivity index (χ2n) is 7.54. The van der Waals surface area contributed by atoms with Crippen molar-refractivity contribution < 1.29 is 9.15 Å². The summed E-state index contributed by atoms with van der Waals surface area (Å²) < 4.78 is 11.2. The summed E-state index contributed by atoms with van der Waals surface area (Å²) >= 11 is 1.31. The largest absolute Gasteiger partial charge is 0.489 e. The van der Waals surface area contributed by atoms with Crippen molar-refractivity contribution in [2.24, 2.45) is 0 Å². The van der Waals surface area contributed by atoms with Gasteiger partial charge in [-0.15, -0.1) is 11.3 Å². The Kier molecular flexibility index (Phi) is 6.02. The Morgan fingerprint density at radius 1 is 1.03 bits per heavy atom. The van der Waals surface area contributed by atoms with Crippen LogP contribution in [-0.4, -0.2) is 4.98 Å². The number of ether oxygens (including phenoxy) is 1. The van der Waals surface area contributed by atoms with Gasteiger partial charge in [-0.2, -0.15) is 5.26 Å². The summed E-state index contributed by atoms with van der Waals surface area (Å²) in [6.07, 6.45) is 1.77. The fourth-order valence-corrected chi connectivity index (χ4v) is 4.26. The fourth-order valence-electron chi connectivity index (χ4n) is 3.47. The number of nitrogens with zero attached hydrogens (tertiary/aromatic N) is 2. The van der Waals surface area contributed by atoms with E-state index in [1.165, 1.54) is 11.3 Å². The first-order valence-electron chi connectivity index (χ1n) is 10.6. The van der Waals surface area contributed by atoms with Gasteiger partial charge in [-0.3, -0.25) is 0 Å². The first-order chi connectivity index (χ1) is 16.7. The third kappa shape index (κ3) is 4.65. The number of nitriles is 1. The summed E-state index contributed by atoms with van der Waals surface area (Å²) in [5, 5.41) is 12.8. The second kappa shape index (κ2) is 9.57. The maximum atomic E-state index is 12.5. The average Bonchev–Trinajstić information content (AvgIpc) is 3.37. The van der Waals surface area contributed by atoms with Gasteiger partial charge in [0.15, 0.2) is 0 Å². The number of thiazole rings is 1. The molecule has 5 rings (SSSR count). The molecule has 5 nitrogen and oxygen atoms in total. The minimum Gasteiger partial charge on any atom is -0.489 e. The predicted molar refractivity (Wildman–Crippen MR) is 134 cm³/mol. The highest BCUT2D eigenvalue weighted by atomic mass is 32.1. The highest BCUT2D eigenvalue weighted by Crippen LogP contribution is 2.28. The van der Waals surface area contributed by atoms with Gasteiger partial charge in [0.25, 0.3) is 0 Å². The molecular formula is C28H18N2O3S. The van der Waals surface area contributed by atoms with E-state index in [1.54, 1.807) is 23.6 Å². The van der Waals surface area contributed by atoms with Gasteiger partial charge in [-0.05, 0) is 41.5 Å². The minimum atomic E-state index is -0.455. The molecule has 0 spiro atoms. The van der Waals surface area contributed by atoms with Gasteiger partial charge < -0.3 is 9.15 Å². The Labute approximate surface area is 199 Å². The van der Waals surface area contributed by atoms with E-state index in [1.807, 2.05) is 72.8 Å². The molecule has 34 heavy (non-hydrogen) atoms. The van der Waals surface area contributed by atoms with Gasteiger partial charge >= 0.3 is 5.63 Å². The molecule has 0 amide bonds. The van der Waals surface area contributed by atoms with Crippen molar-refractivity contribution in [1.82, 2.24) is 4.98 Å². The maximum Gasteiger partial charge on any atom is 0.345 e. The van der Waals surface area contributed by atoms with E-state index in [0.717, 1.165) is 22.3 Å². The maximum absolute atomic E-state index is 12.5. The van der Waals surface area contributed by atoms with Crippen LogP contribution in [-0.2, 0) is 6.61 Å². The number of allylic oxidation sites excluding steroid dienone is 1. The van der Waals surface area contributed by atoms with Gasteiger partial charge in [-0.1, -0.05) is 60.7 Å². The lowest BCUT2D eigenvalue weighted by Crippen LogP contribution is -2.02. The van der Waals surface area contributed by atoms with Gasteiger partial charge in [-0.25, -0.2) is 9.78 Å². The van der Waals surface area contributed by atoms with E-state index < -0.39 is 5.63 Å². The van der Waals surface area contributed by atoms with E-state index in [2.05, 4.69) is 11.1 Å². The number of hydrogen-bond donors (Lipinski definition) is 0. The summed E-state index contributed by atoms with van der Waals surface area (Å²) in [6, 6.07) is 28.8. The van der Waals surface area contributed by atoms with Crippen LogP contribution >= 0.6 is 11.3 Å². The fraction of sp³-hybridized carbons (Fsp3) is 0.0357. The molecule has 164 valence electrons. The van der Waals surface area contributed by atoms with Crippen molar-refractivity contribution in [3.05, 3.63) is 117 Å². The van der Waals surface area contributed by atoms with Crippen LogP contribution in [0, 0.1) is 11.3 Å². The molecule has 0 radical (unpaired) electrons. The van der Waals surface area contributed by atoms with Crippen molar-refractivity contribution in [1.29, 1.82) is 5.26 Å². The lowest BCUT2D eigenvalue weighted by Gasteiger charge is -2.06. The van der Waals surface area contributed by atoms with E-state index in [4.69, 9.17) is 9.15 Å². The molecule has 0 unspecified atom stereocenters. The van der Waals surface area contributed by atoms with Crippen molar-refractivity contribution in [3.63, 3.8) is 0 Å². The van der Waals surface area contributed by atoms with E-state index >= 15 is 0 Å². The van der Waals surface area contributed by atoms with Crippen LogP contribution in [0.4, 0.5) is 0 Å². The van der Waals surface area contributed by atoms with Crippen LogP contribution in [0.5, 0.6) is 5.75 Å². The topological polar surface area (TPSA) is 76.1 Å². The zero-order valence-electron chi connectivity index (χ0n) is 18.0. The molecule has 0 aliphatic heterocycles. The number of hydrogen-bond acceptors (Lipinski definition) is 6. The van der Waals surface area contributed by atoms with Crippen LogP contribution < -0.4 is 10.4 Å². The molecule has 5 aromatic rings. The third-order valence-electron chi connectivity index (χ3n) is 5.21. The molecular weight excluding hydrogens is 444 g/mol. The van der Waals surface area contributed by atoms with E-state index in [-0.39, 0.29) is 0 Å². The summed E-state index contributed by atoms with van der Waals surface area (Å²) in [5.74, 6) is 0.749. The molecule has 0 atom stereocenters. The summed E-state index contributed by atoms with van der Waals surface area (Å²) in [6.45, 7) is 0.490. The minimum absolute atomic E-state index is 0.374. The molecule has 0 saturated carbocycles. The number of aromatic nitrogens is 1. The van der Waals surface area contributed by atoms with Gasteiger partial charge in [0, 0.05) is 10.8 Å². The average molecular weight is 463 g/mol. The first-order valence-corrected chi connectivity index (χ1v) is 11.5. The molecule has 2 heterocycles. The van der Waals surface area contributed by atoms with Gasteiger partial charge in [0.05, 0.1) is 16.8 Å². The van der Waals surface area contributed by atoms with Crippen LogP contribution in [0.15, 0.2) is 99.5 Å². The monoisotopic (exact) mass is 462 g/mol. The normalized spacial score (nSPS) is 11.3. The Morgan fingerprint density at radius 3 is 2.59 bits per heavy atom. The first kappa shape index (κ1) is 21.4. The Hall–Kier alpha value is -4.47. The lowest BCUT2D eigenvalue weighted by molar-refractivity contribution is 0.306. The van der Waals surface area contributed by atoms with Gasteiger partial charge in [0.2, 0.25) is 0 Å². The lowest BCUT2D eigenvalue weighted by atomic mass is 10.1. The van der Waals surface area contributed by atoms with E-state index in [0.29, 0.717) is 34.0 Å². The highest BCUT2D eigenvalue weighted by molar-refractivity contribution is 7.11. The van der Waals surface area contributed by atoms with Crippen molar-refractivity contribution >= 4 is 34.0 Å². The quantitative estimate of drug-likeness (QED) is 0.211. The number of benzene rings is 3. The molecule has 0 aliphatic carbocycles. The van der Waals surface area contributed by atoms with Crippen LogP contribution in [0.1, 0.15) is 16.1 Å². The molecule has 0 fully saturated rings. The predicted octanol–water partition coefficient (Wildman–Crippen LogP) is 6.56. The number of rotatable bonds is 6. The summed E-state index contributed by atoms with van der Waals surface area (Å²) in [5.41, 5.74) is 3.30. The van der Waals surface area contributed by atoms with Crippen LogP contribution in [0.25, 0.3) is 33.9 Å². The number of para-hydroxylation sites is 1. The molecule has 0 bridgehead atoms. The molecule has 3 aromatic carbocycles.